The third-order valence-corrected chi connectivity index (χ3v) is 5.71. The van der Waals surface area contributed by atoms with Gasteiger partial charge in [-0.1, -0.05) is 18.5 Å². The summed E-state index contributed by atoms with van der Waals surface area (Å²) in [6.07, 6.45) is 4.70. The summed E-state index contributed by atoms with van der Waals surface area (Å²) < 4.78 is 2.54. The quantitative estimate of drug-likeness (QED) is 0.869. The van der Waals surface area contributed by atoms with Crippen molar-refractivity contribution in [3.05, 3.63) is 39.3 Å². The van der Waals surface area contributed by atoms with E-state index in [1.807, 2.05) is 31.6 Å². The second-order valence-electron chi connectivity index (χ2n) is 5.93. The molecule has 7 heteroatoms. The molecule has 2 aromatic rings. The van der Waals surface area contributed by atoms with E-state index in [2.05, 4.69) is 22.7 Å². The predicted molar refractivity (Wildman–Crippen MR) is 92.8 cm³/mol. The molecule has 0 spiro atoms. The molecule has 1 unspecified atom stereocenters. The van der Waals surface area contributed by atoms with Crippen molar-refractivity contribution in [1.29, 1.82) is 0 Å². The molecule has 3 heterocycles. The van der Waals surface area contributed by atoms with Gasteiger partial charge in [0.25, 0.3) is 0 Å². The summed E-state index contributed by atoms with van der Waals surface area (Å²) in [5.41, 5.74) is 1.12. The molecule has 2 N–H and O–H groups in total. The van der Waals surface area contributed by atoms with E-state index in [-0.39, 0.29) is 23.8 Å². The topological polar surface area (TPSA) is 59.0 Å². The maximum absolute atomic E-state index is 12.8. The van der Waals surface area contributed by atoms with Gasteiger partial charge >= 0.3 is 0 Å². The summed E-state index contributed by atoms with van der Waals surface area (Å²) >= 11 is 7.54. The predicted octanol–water partition coefficient (Wildman–Crippen LogP) is 2.71. The molecule has 1 aliphatic heterocycles. The third-order valence-electron chi connectivity index (χ3n) is 4.37. The molecule has 0 aromatic carbocycles. The lowest BCUT2D eigenvalue weighted by Gasteiger charge is -2.21. The molecule has 2 aromatic heterocycles. The van der Waals surface area contributed by atoms with E-state index in [0.29, 0.717) is 6.54 Å². The van der Waals surface area contributed by atoms with E-state index in [1.54, 1.807) is 4.68 Å². The van der Waals surface area contributed by atoms with Crippen molar-refractivity contribution >= 4 is 28.8 Å². The molecule has 1 aliphatic rings. The van der Waals surface area contributed by atoms with Crippen molar-refractivity contribution in [2.24, 2.45) is 13.0 Å². The fraction of sp³-hybridized carbons (Fsp3) is 0.500. The molecule has 1 fully saturated rings. The van der Waals surface area contributed by atoms with Crippen LogP contribution in [0.25, 0.3) is 0 Å². The van der Waals surface area contributed by atoms with Gasteiger partial charge in [0.1, 0.15) is 0 Å². The monoisotopic (exact) mass is 352 g/mol. The molecule has 0 saturated carbocycles. The highest BCUT2D eigenvalue weighted by molar-refractivity contribution is 7.16. The van der Waals surface area contributed by atoms with Crippen molar-refractivity contribution in [3.8, 4) is 0 Å². The highest BCUT2D eigenvalue weighted by Gasteiger charge is 2.35. The largest absolute Gasteiger partial charge is 0.348 e. The Morgan fingerprint density at radius 3 is 3.00 bits per heavy atom. The Labute approximate surface area is 145 Å². The molecule has 1 amide bonds. The highest BCUT2D eigenvalue weighted by Crippen LogP contribution is 2.31. The van der Waals surface area contributed by atoms with Crippen LogP contribution < -0.4 is 10.6 Å². The van der Waals surface area contributed by atoms with Gasteiger partial charge in [0.2, 0.25) is 5.91 Å². The minimum Gasteiger partial charge on any atom is -0.348 e. The number of aryl methyl sites for hydroxylation is 1. The Balaban J connectivity index is 1.71. The first-order chi connectivity index (χ1) is 11.1. The van der Waals surface area contributed by atoms with Gasteiger partial charge in [-0.2, -0.15) is 5.10 Å². The highest BCUT2D eigenvalue weighted by atomic mass is 35.5. The number of amides is 1. The summed E-state index contributed by atoms with van der Waals surface area (Å²) in [4.78, 5) is 13.9. The number of carbonyl (C=O) groups excluding carboxylic acids is 1. The second kappa shape index (κ2) is 7.03. The molecule has 23 heavy (non-hydrogen) atoms. The van der Waals surface area contributed by atoms with E-state index in [1.165, 1.54) is 11.3 Å². The number of halogens is 1. The first-order valence-corrected chi connectivity index (χ1v) is 9.02. The summed E-state index contributed by atoms with van der Waals surface area (Å²) in [6, 6.07) is 3.90. The summed E-state index contributed by atoms with van der Waals surface area (Å²) in [5.74, 6) is 0.206. The summed E-state index contributed by atoms with van der Waals surface area (Å²) in [7, 11) is 1.90. The van der Waals surface area contributed by atoms with Gasteiger partial charge in [-0.25, -0.2) is 0 Å². The molecule has 0 aliphatic carbocycles. The molecular formula is C16H21ClN4OS. The fourth-order valence-electron chi connectivity index (χ4n) is 3.10. The van der Waals surface area contributed by atoms with Crippen LogP contribution in [-0.4, -0.2) is 28.8 Å². The average Bonchev–Trinajstić information content (AvgIpc) is 3.24. The number of nitrogens with one attached hydrogen (secondary N) is 2. The van der Waals surface area contributed by atoms with Crippen LogP contribution in [0.15, 0.2) is 24.5 Å². The van der Waals surface area contributed by atoms with E-state index in [4.69, 9.17) is 11.6 Å². The van der Waals surface area contributed by atoms with Crippen LogP contribution in [0.3, 0.4) is 0 Å². The Morgan fingerprint density at radius 1 is 1.57 bits per heavy atom. The van der Waals surface area contributed by atoms with Crippen LogP contribution in [0.2, 0.25) is 4.34 Å². The van der Waals surface area contributed by atoms with E-state index in [0.717, 1.165) is 27.7 Å². The first kappa shape index (κ1) is 16.5. The van der Waals surface area contributed by atoms with Crippen molar-refractivity contribution < 1.29 is 4.79 Å². The van der Waals surface area contributed by atoms with Crippen molar-refractivity contribution in [3.63, 3.8) is 0 Å². The summed E-state index contributed by atoms with van der Waals surface area (Å²) in [6.45, 7) is 3.59. The average molecular weight is 353 g/mol. The van der Waals surface area contributed by atoms with Crippen molar-refractivity contribution in [2.75, 3.05) is 13.1 Å². The lowest BCUT2D eigenvalue weighted by molar-refractivity contribution is -0.125. The standard InChI is InChI=1S/C16H21ClN4OS/c1-3-13(14-4-5-15(17)23-14)20-16(22)12-8-18-7-11(12)10-6-19-21(2)9-10/h4-6,9,11-13,18H,3,7-8H2,1-2H3,(H,20,22)/t11-,12+,13?/m1/s1. The number of carbonyl (C=O) groups is 1. The normalized spacial score (nSPS) is 22.2. The molecule has 3 rings (SSSR count). The Bertz CT molecular complexity index is 683. The van der Waals surface area contributed by atoms with Gasteiger partial charge in [-0.3, -0.25) is 9.48 Å². The molecular weight excluding hydrogens is 332 g/mol. The van der Waals surface area contributed by atoms with Crippen LogP contribution in [-0.2, 0) is 11.8 Å². The van der Waals surface area contributed by atoms with Crippen LogP contribution >= 0.6 is 22.9 Å². The molecule has 0 radical (unpaired) electrons. The molecule has 0 bridgehead atoms. The Hall–Kier alpha value is -1.37. The van der Waals surface area contributed by atoms with E-state index < -0.39 is 0 Å². The number of aromatic nitrogens is 2. The number of thiophene rings is 1. The Kier molecular flexibility index (Phi) is 5.04. The Morgan fingerprint density at radius 2 is 2.39 bits per heavy atom. The van der Waals surface area contributed by atoms with Crippen LogP contribution in [0, 0.1) is 5.92 Å². The first-order valence-electron chi connectivity index (χ1n) is 7.83. The van der Waals surface area contributed by atoms with Crippen LogP contribution in [0.4, 0.5) is 0 Å². The molecule has 1 saturated heterocycles. The molecule has 3 atom stereocenters. The maximum atomic E-state index is 12.8. The maximum Gasteiger partial charge on any atom is 0.225 e. The van der Waals surface area contributed by atoms with E-state index in [9.17, 15) is 4.79 Å². The SMILES string of the molecule is CCC(NC(=O)[C@H]1CNC[C@@H]1c1cnn(C)c1)c1ccc(Cl)s1. The van der Waals surface area contributed by atoms with E-state index >= 15 is 0 Å². The van der Waals surface area contributed by atoms with Gasteiger partial charge in [-0.15, -0.1) is 11.3 Å². The smallest absolute Gasteiger partial charge is 0.225 e. The third kappa shape index (κ3) is 3.59. The summed E-state index contributed by atoms with van der Waals surface area (Å²) in [5, 5.41) is 10.7. The molecule has 5 nitrogen and oxygen atoms in total. The van der Waals surface area contributed by atoms with Crippen LogP contribution in [0.1, 0.15) is 35.7 Å². The lowest BCUT2D eigenvalue weighted by Crippen LogP contribution is -2.36. The minimum atomic E-state index is -0.0660. The number of hydrogen-bond donors (Lipinski definition) is 2. The van der Waals surface area contributed by atoms with Gasteiger partial charge < -0.3 is 10.6 Å². The second-order valence-corrected chi connectivity index (χ2v) is 7.68. The van der Waals surface area contributed by atoms with Gasteiger partial charge in [0.15, 0.2) is 0 Å². The minimum absolute atomic E-state index is 0.0233. The number of nitrogens with zero attached hydrogens (tertiary/aromatic N) is 2. The number of hydrogen-bond acceptors (Lipinski definition) is 4. The van der Waals surface area contributed by atoms with Crippen LogP contribution in [0.5, 0.6) is 0 Å². The fourth-order valence-corrected chi connectivity index (χ4v) is 4.30. The zero-order valence-corrected chi connectivity index (χ0v) is 14.8. The molecule has 124 valence electrons. The lowest BCUT2D eigenvalue weighted by atomic mass is 9.90. The van der Waals surface area contributed by atoms with Gasteiger partial charge in [0.05, 0.1) is 22.5 Å². The zero-order valence-electron chi connectivity index (χ0n) is 13.3. The van der Waals surface area contributed by atoms with Gasteiger partial charge in [0, 0.05) is 37.1 Å². The van der Waals surface area contributed by atoms with Gasteiger partial charge in [-0.05, 0) is 24.1 Å². The van der Waals surface area contributed by atoms with Crippen molar-refractivity contribution in [2.45, 2.75) is 25.3 Å². The zero-order chi connectivity index (χ0) is 16.4. The van der Waals surface area contributed by atoms with Crippen molar-refractivity contribution in [1.82, 2.24) is 20.4 Å². The number of rotatable bonds is 5.